The summed E-state index contributed by atoms with van der Waals surface area (Å²) in [5.41, 5.74) is 2.42. The van der Waals surface area contributed by atoms with Crippen molar-refractivity contribution in [2.24, 2.45) is 4.99 Å². The van der Waals surface area contributed by atoms with Crippen molar-refractivity contribution in [1.29, 1.82) is 0 Å². The quantitative estimate of drug-likeness (QED) is 0.401. The molecule has 2 rings (SSSR count). The number of nitrogens with zero attached hydrogens (tertiary/aromatic N) is 1. The Morgan fingerprint density at radius 1 is 1.27 bits per heavy atom. The predicted molar refractivity (Wildman–Crippen MR) is 108 cm³/mol. The molecule has 1 atom stereocenters. The van der Waals surface area contributed by atoms with E-state index in [0.717, 1.165) is 23.1 Å². The van der Waals surface area contributed by atoms with Crippen molar-refractivity contribution in [2.45, 2.75) is 19.4 Å². The average molecular weight is 450 g/mol. The van der Waals surface area contributed by atoms with Crippen LogP contribution < -0.4 is 10.6 Å². The van der Waals surface area contributed by atoms with Gasteiger partial charge in [-0.2, -0.15) is 11.3 Å². The molecule has 0 aliphatic heterocycles. The number of nitrogens with one attached hydrogen (secondary N) is 2. The first-order valence-electron chi connectivity index (χ1n) is 6.90. The molecule has 0 saturated heterocycles. The third kappa shape index (κ3) is 5.78. The van der Waals surface area contributed by atoms with Gasteiger partial charge in [-0.1, -0.05) is 36.7 Å². The minimum absolute atomic E-state index is 0. The highest BCUT2D eigenvalue weighted by atomic mass is 127. The lowest BCUT2D eigenvalue weighted by Gasteiger charge is -2.15. The van der Waals surface area contributed by atoms with Gasteiger partial charge in [0.2, 0.25) is 0 Å². The van der Waals surface area contributed by atoms with Crippen molar-refractivity contribution in [3.63, 3.8) is 0 Å². The number of hydrogen-bond donors (Lipinski definition) is 2. The highest BCUT2D eigenvalue weighted by Gasteiger charge is 2.07. The van der Waals surface area contributed by atoms with E-state index in [1.807, 2.05) is 24.3 Å². The largest absolute Gasteiger partial charge is 0.356 e. The van der Waals surface area contributed by atoms with Crippen LogP contribution in [0, 0.1) is 0 Å². The molecule has 0 bridgehead atoms. The second-order valence-corrected chi connectivity index (χ2v) is 6.04. The summed E-state index contributed by atoms with van der Waals surface area (Å²) in [4.78, 5) is 4.24. The molecule has 2 N–H and O–H groups in total. The lowest BCUT2D eigenvalue weighted by atomic mass is 10.1. The zero-order valence-corrected chi connectivity index (χ0v) is 16.6. The summed E-state index contributed by atoms with van der Waals surface area (Å²) in [6, 6.07) is 9.99. The van der Waals surface area contributed by atoms with Crippen LogP contribution in [0.25, 0.3) is 0 Å². The van der Waals surface area contributed by atoms with Crippen LogP contribution in [0.5, 0.6) is 0 Å². The lowest BCUT2D eigenvalue weighted by molar-refractivity contribution is 0.701. The maximum Gasteiger partial charge on any atom is 0.191 e. The van der Waals surface area contributed by atoms with E-state index in [2.05, 4.69) is 39.4 Å². The number of benzene rings is 1. The third-order valence-electron chi connectivity index (χ3n) is 3.32. The second-order valence-electron chi connectivity index (χ2n) is 4.86. The van der Waals surface area contributed by atoms with Crippen LogP contribution in [0.1, 0.15) is 24.0 Å². The van der Waals surface area contributed by atoms with Crippen molar-refractivity contribution in [3.05, 3.63) is 57.2 Å². The molecule has 22 heavy (non-hydrogen) atoms. The molecule has 3 nitrogen and oxygen atoms in total. The maximum atomic E-state index is 6.15. The van der Waals surface area contributed by atoms with E-state index in [1.54, 1.807) is 18.4 Å². The number of guanidine groups is 1. The standard InChI is InChI=1S/C16H20ClN3S.HI/c1-12(14-7-8-21-11-14)9-19-16(18-2)20-10-13-5-3-4-6-15(13)17;/h3-8,11-12H,9-10H2,1-2H3,(H2,18,19,20);1H. The molecule has 0 saturated carbocycles. The molecule has 0 fully saturated rings. The first kappa shape index (κ1) is 19.3. The zero-order valence-electron chi connectivity index (χ0n) is 12.7. The number of rotatable bonds is 5. The van der Waals surface area contributed by atoms with E-state index in [9.17, 15) is 0 Å². The highest BCUT2D eigenvalue weighted by molar-refractivity contribution is 14.0. The Morgan fingerprint density at radius 2 is 2.05 bits per heavy atom. The van der Waals surface area contributed by atoms with Crippen LogP contribution in [0.2, 0.25) is 5.02 Å². The van der Waals surface area contributed by atoms with E-state index in [0.29, 0.717) is 12.5 Å². The minimum Gasteiger partial charge on any atom is -0.356 e. The molecule has 0 aliphatic carbocycles. The molecule has 2 aromatic rings. The number of halogens is 2. The Labute approximate surface area is 158 Å². The van der Waals surface area contributed by atoms with Gasteiger partial charge in [0.25, 0.3) is 0 Å². The van der Waals surface area contributed by atoms with Gasteiger partial charge in [-0.15, -0.1) is 24.0 Å². The highest BCUT2D eigenvalue weighted by Crippen LogP contribution is 2.17. The SMILES string of the molecule is CN=C(NCc1ccccc1Cl)NCC(C)c1ccsc1.I. The fourth-order valence-corrected chi connectivity index (χ4v) is 2.95. The van der Waals surface area contributed by atoms with Gasteiger partial charge in [-0.25, -0.2) is 0 Å². The summed E-state index contributed by atoms with van der Waals surface area (Å²) in [5, 5.41) is 11.7. The van der Waals surface area contributed by atoms with Gasteiger partial charge >= 0.3 is 0 Å². The van der Waals surface area contributed by atoms with Crippen molar-refractivity contribution in [1.82, 2.24) is 10.6 Å². The zero-order chi connectivity index (χ0) is 15.1. The second kappa shape index (κ2) is 10.1. The predicted octanol–water partition coefficient (Wildman–Crippen LogP) is 4.49. The van der Waals surface area contributed by atoms with Crippen LogP contribution >= 0.6 is 46.9 Å². The molecule has 0 aliphatic rings. The van der Waals surface area contributed by atoms with Gasteiger partial charge < -0.3 is 10.6 Å². The van der Waals surface area contributed by atoms with Gasteiger partial charge in [0.05, 0.1) is 0 Å². The topological polar surface area (TPSA) is 36.4 Å². The summed E-state index contributed by atoms with van der Waals surface area (Å²) >= 11 is 7.88. The van der Waals surface area contributed by atoms with Gasteiger partial charge in [0.15, 0.2) is 5.96 Å². The first-order valence-corrected chi connectivity index (χ1v) is 8.22. The number of aliphatic imine (C=N–C) groups is 1. The Balaban J connectivity index is 0.00000242. The molecule has 0 spiro atoms. The van der Waals surface area contributed by atoms with E-state index in [-0.39, 0.29) is 24.0 Å². The molecular weight excluding hydrogens is 429 g/mol. The van der Waals surface area contributed by atoms with E-state index in [1.165, 1.54) is 5.56 Å². The van der Waals surface area contributed by atoms with Crippen LogP contribution in [0.4, 0.5) is 0 Å². The van der Waals surface area contributed by atoms with Crippen LogP contribution in [-0.4, -0.2) is 19.6 Å². The molecule has 0 amide bonds. The molecule has 1 aromatic heterocycles. The van der Waals surface area contributed by atoms with E-state index >= 15 is 0 Å². The normalized spacial score (nSPS) is 12.4. The van der Waals surface area contributed by atoms with Crippen molar-refractivity contribution >= 4 is 52.9 Å². The van der Waals surface area contributed by atoms with Gasteiger partial charge in [-0.05, 0) is 39.9 Å². The Bertz CT molecular complexity index is 587. The molecule has 1 aromatic carbocycles. The maximum absolute atomic E-state index is 6.15. The van der Waals surface area contributed by atoms with Crippen molar-refractivity contribution in [2.75, 3.05) is 13.6 Å². The smallest absolute Gasteiger partial charge is 0.191 e. The molecule has 1 unspecified atom stereocenters. The Morgan fingerprint density at radius 3 is 2.68 bits per heavy atom. The molecule has 0 radical (unpaired) electrons. The van der Waals surface area contributed by atoms with Crippen LogP contribution in [0.15, 0.2) is 46.1 Å². The fourth-order valence-electron chi connectivity index (χ4n) is 1.96. The minimum atomic E-state index is 0. The molecule has 6 heteroatoms. The van der Waals surface area contributed by atoms with E-state index in [4.69, 9.17) is 11.6 Å². The summed E-state index contributed by atoms with van der Waals surface area (Å²) in [5.74, 6) is 1.24. The Kier molecular flexibility index (Phi) is 8.82. The van der Waals surface area contributed by atoms with Gasteiger partial charge in [-0.3, -0.25) is 4.99 Å². The third-order valence-corrected chi connectivity index (χ3v) is 4.39. The van der Waals surface area contributed by atoms with Gasteiger partial charge in [0, 0.05) is 25.2 Å². The summed E-state index contributed by atoms with van der Waals surface area (Å²) in [6.07, 6.45) is 0. The fraction of sp³-hybridized carbons (Fsp3) is 0.312. The summed E-state index contributed by atoms with van der Waals surface area (Å²) in [7, 11) is 1.77. The first-order chi connectivity index (χ1) is 10.2. The summed E-state index contributed by atoms with van der Waals surface area (Å²) < 4.78 is 0. The van der Waals surface area contributed by atoms with E-state index < -0.39 is 0 Å². The molecular formula is C16H21ClIN3S. The summed E-state index contributed by atoms with van der Waals surface area (Å²) in [6.45, 7) is 3.71. The van der Waals surface area contributed by atoms with Gasteiger partial charge in [0.1, 0.15) is 0 Å². The lowest BCUT2D eigenvalue weighted by Crippen LogP contribution is -2.38. The molecule has 120 valence electrons. The van der Waals surface area contributed by atoms with Crippen LogP contribution in [0.3, 0.4) is 0 Å². The average Bonchev–Trinajstić information content (AvgIpc) is 3.03. The van der Waals surface area contributed by atoms with Crippen molar-refractivity contribution in [3.8, 4) is 0 Å². The number of thiophene rings is 1. The Hall–Kier alpha value is -0.790. The number of hydrogen-bond acceptors (Lipinski definition) is 2. The monoisotopic (exact) mass is 449 g/mol. The molecule has 1 heterocycles. The van der Waals surface area contributed by atoms with Crippen molar-refractivity contribution < 1.29 is 0 Å². The van der Waals surface area contributed by atoms with Crippen LogP contribution in [-0.2, 0) is 6.54 Å².